The summed E-state index contributed by atoms with van der Waals surface area (Å²) in [6.07, 6.45) is 0.753. The number of nitrogens with one attached hydrogen (secondary N) is 1. The first-order valence-electron chi connectivity index (χ1n) is 7.20. The van der Waals surface area contributed by atoms with Crippen molar-refractivity contribution in [1.29, 1.82) is 0 Å². The molecule has 0 saturated carbocycles. The zero-order valence-electron chi connectivity index (χ0n) is 13.3. The van der Waals surface area contributed by atoms with Crippen LogP contribution in [0.5, 0.6) is 0 Å². The molecule has 1 N–H and O–H groups in total. The molecule has 1 heterocycles. The molecule has 0 atom stereocenters. The zero-order chi connectivity index (χ0) is 17.0. The lowest BCUT2D eigenvalue weighted by Crippen LogP contribution is -2.13. The number of aryl methyl sites for hydroxylation is 2. The fraction of sp³-hybridized carbons (Fsp3) is 0.312. The molecule has 0 bridgehead atoms. The van der Waals surface area contributed by atoms with E-state index in [1.54, 1.807) is 37.3 Å². The van der Waals surface area contributed by atoms with Gasteiger partial charge in [-0.15, -0.1) is 11.3 Å². The Morgan fingerprint density at radius 2 is 1.87 bits per heavy atom. The van der Waals surface area contributed by atoms with Gasteiger partial charge in [-0.05, 0) is 50.6 Å². The summed E-state index contributed by atoms with van der Waals surface area (Å²) in [6, 6.07) is 7.84. The fourth-order valence-electron chi connectivity index (χ4n) is 2.04. The molecule has 0 aliphatic heterocycles. The summed E-state index contributed by atoms with van der Waals surface area (Å²) in [5.74, 6) is -0.412. The highest BCUT2D eigenvalue weighted by Gasteiger charge is 2.19. The van der Waals surface area contributed by atoms with Gasteiger partial charge in [0, 0.05) is 15.4 Å². The van der Waals surface area contributed by atoms with Crippen molar-refractivity contribution < 1.29 is 17.9 Å². The van der Waals surface area contributed by atoms with Gasteiger partial charge in [-0.3, -0.25) is 4.72 Å². The van der Waals surface area contributed by atoms with Gasteiger partial charge in [0.05, 0.1) is 12.2 Å². The highest BCUT2D eigenvalue weighted by molar-refractivity contribution is 7.93. The minimum absolute atomic E-state index is 0.284. The molecule has 0 aliphatic carbocycles. The van der Waals surface area contributed by atoms with Crippen LogP contribution in [0.2, 0.25) is 0 Å². The number of rotatable bonds is 6. The highest BCUT2D eigenvalue weighted by Crippen LogP contribution is 2.26. The fourth-order valence-corrected chi connectivity index (χ4v) is 4.65. The van der Waals surface area contributed by atoms with Gasteiger partial charge in [0.2, 0.25) is 0 Å². The SMILES string of the molecule is CCCOC(=O)c1ccc(NS(=O)(=O)c2cc(C)sc2C)cc1. The average Bonchev–Trinajstić information content (AvgIpc) is 2.85. The summed E-state index contributed by atoms with van der Waals surface area (Å²) in [5.41, 5.74) is 0.796. The third-order valence-corrected chi connectivity index (χ3v) is 5.70. The van der Waals surface area contributed by atoms with Gasteiger partial charge in [-0.2, -0.15) is 0 Å². The van der Waals surface area contributed by atoms with Gasteiger partial charge in [0.25, 0.3) is 10.0 Å². The van der Waals surface area contributed by atoms with Crippen LogP contribution in [0.15, 0.2) is 35.2 Å². The molecule has 2 rings (SSSR count). The molecule has 1 aromatic carbocycles. The van der Waals surface area contributed by atoms with Gasteiger partial charge in [0.1, 0.15) is 4.90 Å². The molecule has 0 aliphatic rings. The lowest BCUT2D eigenvalue weighted by Gasteiger charge is -2.08. The van der Waals surface area contributed by atoms with Crippen LogP contribution in [0.4, 0.5) is 5.69 Å². The van der Waals surface area contributed by atoms with Crippen LogP contribution >= 0.6 is 11.3 Å². The van der Waals surface area contributed by atoms with Crippen LogP contribution in [-0.4, -0.2) is 21.0 Å². The van der Waals surface area contributed by atoms with Crippen molar-refractivity contribution in [2.45, 2.75) is 32.1 Å². The van der Waals surface area contributed by atoms with Crippen LogP contribution in [-0.2, 0) is 14.8 Å². The third kappa shape index (κ3) is 4.33. The van der Waals surface area contributed by atoms with E-state index in [1.807, 2.05) is 13.8 Å². The first-order chi connectivity index (χ1) is 10.8. The van der Waals surface area contributed by atoms with Crippen LogP contribution in [0.3, 0.4) is 0 Å². The molecule has 1 aromatic heterocycles. The number of sulfonamides is 1. The van der Waals surface area contributed by atoms with E-state index in [1.165, 1.54) is 11.3 Å². The lowest BCUT2D eigenvalue weighted by atomic mass is 10.2. The van der Waals surface area contributed by atoms with Crippen molar-refractivity contribution in [3.05, 3.63) is 45.6 Å². The number of benzene rings is 1. The second kappa shape index (κ2) is 7.14. The van der Waals surface area contributed by atoms with E-state index in [0.717, 1.165) is 16.2 Å². The molecule has 0 fully saturated rings. The Bertz CT molecular complexity index is 792. The maximum atomic E-state index is 12.4. The summed E-state index contributed by atoms with van der Waals surface area (Å²) in [7, 11) is -3.63. The number of hydrogen-bond donors (Lipinski definition) is 1. The van der Waals surface area contributed by atoms with Crippen molar-refractivity contribution in [1.82, 2.24) is 0 Å². The Kier molecular flexibility index (Phi) is 5.43. The Morgan fingerprint density at radius 3 is 2.39 bits per heavy atom. The van der Waals surface area contributed by atoms with E-state index in [9.17, 15) is 13.2 Å². The third-order valence-electron chi connectivity index (χ3n) is 3.10. The summed E-state index contributed by atoms with van der Waals surface area (Å²) >= 11 is 1.44. The standard InChI is InChI=1S/C16H19NO4S2/c1-4-9-21-16(18)13-5-7-14(8-6-13)17-23(19,20)15-10-11(2)22-12(15)3/h5-8,10,17H,4,9H2,1-3H3. The van der Waals surface area contributed by atoms with Gasteiger partial charge in [-0.25, -0.2) is 13.2 Å². The quantitative estimate of drug-likeness (QED) is 0.803. The van der Waals surface area contributed by atoms with E-state index in [4.69, 9.17) is 4.74 Å². The predicted octanol–water partition coefficient (Wildman–Crippen LogP) is 3.73. The largest absolute Gasteiger partial charge is 0.462 e. The topological polar surface area (TPSA) is 72.5 Å². The molecule has 7 heteroatoms. The van der Waals surface area contributed by atoms with Crippen molar-refractivity contribution in [2.75, 3.05) is 11.3 Å². The van der Waals surface area contributed by atoms with Crippen molar-refractivity contribution in [3.63, 3.8) is 0 Å². The average molecular weight is 353 g/mol. The summed E-state index contributed by atoms with van der Waals surface area (Å²) < 4.78 is 32.4. The molecule has 0 unspecified atom stereocenters. The molecular weight excluding hydrogens is 334 g/mol. The number of esters is 1. The molecule has 0 radical (unpaired) electrons. The van der Waals surface area contributed by atoms with Crippen LogP contribution in [0.25, 0.3) is 0 Å². The molecule has 5 nitrogen and oxygen atoms in total. The number of carbonyl (C=O) groups excluding carboxylic acids is 1. The van der Waals surface area contributed by atoms with E-state index in [0.29, 0.717) is 17.9 Å². The van der Waals surface area contributed by atoms with Crippen molar-refractivity contribution >= 4 is 33.0 Å². The minimum atomic E-state index is -3.63. The smallest absolute Gasteiger partial charge is 0.338 e. The number of thiophene rings is 1. The maximum Gasteiger partial charge on any atom is 0.338 e. The van der Waals surface area contributed by atoms with E-state index in [-0.39, 0.29) is 4.90 Å². The van der Waals surface area contributed by atoms with Gasteiger partial charge < -0.3 is 4.74 Å². The van der Waals surface area contributed by atoms with Crippen LogP contribution in [0, 0.1) is 13.8 Å². The number of ether oxygens (including phenoxy) is 1. The van der Waals surface area contributed by atoms with E-state index < -0.39 is 16.0 Å². The summed E-state index contributed by atoms with van der Waals surface area (Å²) in [5, 5.41) is 0. The van der Waals surface area contributed by atoms with Crippen molar-refractivity contribution in [2.24, 2.45) is 0 Å². The zero-order valence-corrected chi connectivity index (χ0v) is 14.9. The molecule has 0 amide bonds. The predicted molar refractivity (Wildman–Crippen MR) is 91.6 cm³/mol. The molecular formula is C16H19NO4S2. The number of anilines is 1. The number of carbonyl (C=O) groups is 1. The Balaban J connectivity index is 2.14. The maximum absolute atomic E-state index is 12.4. The molecule has 23 heavy (non-hydrogen) atoms. The Labute approximate surface area is 140 Å². The summed E-state index contributed by atoms with van der Waals surface area (Å²) in [6.45, 7) is 5.93. The molecule has 124 valence electrons. The van der Waals surface area contributed by atoms with Gasteiger partial charge >= 0.3 is 5.97 Å². The number of hydrogen-bond acceptors (Lipinski definition) is 5. The van der Waals surface area contributed by atoms with E-state index >= 15 is 0 Å². The van der Waals surface area contributed by atoms with Crippen LogP contribution in [0.1, 0.15) is 33.5 Å². The summed E-state index contributed by atoms with van der Waals surface area (Å²) in [4.78, 5) is 13.7. The first-order valence-corrected chi connectivity index (χ1v) is 9.50. The highest BCUT2D eigenvalue weighted by atomic mass is 32.2. The Hall–Kier alpha value is -1.86. The van der Waals surface area contributed by atoms with Crippen LogP contribution < -0.4 is 4.72 Å². The second-order valence-corrected chi connectivity index (χ2v) is 8.21. The molecule has 2 aromatic rings. The molecule has 0 saturated heterocycles. The normalized spacial score (nSPS) is 11.3. The van der Waals surface area contributed by atoms with Crippen molar-refractivity contribution in [3.8, 4) is 0 Å². The van der Waals surface area contributed by atoms with E-state index in [2.05, 4.69) is 4.72 Å². The lowest BCUT2D eigenvalue weighted by molar-refractivity contribution is 0.0505. The van der Waals surface area contributed by atoms with Gasteiger partial charge in [0.15, 0.2) is 0 Å². The molecule has 0 spiro atoms. The van der Waals surface area contributed by atoms with Gasteiger partial charge in [-0.1, -0.05) is 6.92 Å². The first kappa shape index (κ1) is 17.5. The minimum Gasteiger partial charge on any atom is -0.462 e. The second-order valence-electron chi connectivity index (χ2n) is 5.10. The monoisotopic (exact) mass is 353 g/mol. The Morgan fingerprint density at radius 1 is 1.22 bits per heavy atom.